The minimum atomic E-state index is -0.755. The van der Waals surface area contributed by atoms with Gasteiger partial charge in [-0.05, 0) is 19.3 Å². The molecule has 102 valence electrons. The number of carbonyl (C=O) groups is 2. The van der Waals surface area contributed by atoms with Crippen LogP contribution in [0.4, 0.5) is 0 Å². The fraction of sp³-hybridized carbons (Fsp3) is 0.833. The number of nitrogens with one attached hydrogen (secondary N) is 2. The molecule has 18 heavy (non-hydrogen) atoms. The molecule has 0 aromatic rings. The van der Waals surface area contributed by atoms with E-state index in [4.69, 9.17) is 9.84 Å². The Morgan fingerprint density at radius 2 is 2.22 bits per heavy atom. The molecule has 0 bridgehead atoms. The molecule has 0 aromatic carbocycles. The van der Waals surface area contributed by atoms with Gasteiger partial charge in [-0.25, -0.2) is 0 Å². The minimum Gasteiger partial charge on any atom is -0.481 e. The van der Waals surface area contributed by atoms with E-state index in [0.717, 1.165) is 13.0 Å². The number of rotatable bonds is 4. The summed E-state index contributed by atoms with van der Waals surface area (Å²) >= 11 is 0. The van der Waals surface area contributed by atoms with Crippen LogP contribution in [-0.4, -0.2) is 48.8 Å². The third-order valence-electron chi connectivity index (χ3n) is 3.58. The molecule has 2 fully saturated rings. The van der Waals surface area contributed by atoms with Gasteiger partial charge in [0.15, 0.2) is 0 Å². The molecule has 1 saturated carbocycles. The van der Waals surface area contributed by atoms with Crippen LogP contribution < -0.4 is 10.6 Å². The molecule has 1 heterocycles. The van der Waals surface area contributed by atoms with Gasteiger partial charge < -0.3 is 20.5 Å². The van der Waals surface area contributed by atoms with E-state index < -0.39 is 5.97 Å². The van der Waals surface area contributed by atoms with Crippen molar-refractivity contribution in [2.75, 3.05) is 19.8 Å². The van der Waals surface area contributed by atoms with Crippen molar-refractivity contribution in [1.82, 2.24) is 10.6 Å². The van der Waals surface area contributed by atoms with Crippen LogP contribution in [0.15, 0.2) is 0 Å². The Labute approximate surface area is 106 Å². The highest BCUT2D eigenvalue weighted by atomic mass is 16.5. The predicted molar refractivity (Wildman–Crippen MR) is 64.1 cm³/mol. The molecule has 6 nitrogen and oxygen atoms in total. The van der Waals surface area contributed by atoms with E-state index in [0.29, 0.717) is 32.5 Å². The smallest absolute Gasteiger partial charge is 0.306 e. The molecule has 3 N–H and O–H groups in total. The van der Waals surface area contributed by atoms with Gasteiger partial charge in [0.1, 0.15) is 0 Å². The molecule has 1 amide bonds. The molecule has 3 atom stereocenters. The van der Waals surface area contributed by atoms with Gasteiger partial charge >= 0.3 is 5.97 Å². The highest BCUT2D eigenvalue weighted by Crippen LogP contribution is 2.25. The highest BCUT2D eigenvalue weighted by Gasteiger charge is 2.30. The van der Waals surface area contributed by atoms with Gasteiger partial charge in [0.25, 0.3) is 0 Å². The number of aliphatic carboxylic acids is 1. The lowest BCUT2D eigenvalue weighted by atomic mass is 10.1. The predicted octanol–water partition coefficient (Wildman–Crippen LogP) is -0.266. The first-order valence-electron chi connectivity index (χ1n) is 6.48. The lowest BCUT2D eigenvalue weighted by Crippen LogP contribution is -2.45. The van der Waals surface area contributed by atoms with Crippen LogP contribution in [0.5, 0.6) is 0 Å². The van der Waals surface area contributed by atoms with Crippen LogP contribution in [-0.2, 0) is 14.3 Å². The second-order valence-electron chi connectivity index (χ2n) is 5.04. The molecule has 0 aromatic heterocycles. The van der Waals surface area contributed by atoms with E-state index in [1.54, 1.807) is 0 Å². The largest absolute Gasteiger partial charge is 0.481 e. The van der Waals surface area contributed by atoms with Gasteiger partial charge in [-0.15, -0.1) is 0 Å². The summed E-state index contributed by atoms with van der Waals surface area (Å²) in [6.45, 7) is 2.04. The molecular formula is C12H20N2O4. The second kappa shape index (κ2) is 6.15. The summed E-state index contributed by atoms with van der Waals surface area (Å²) in [5.74, 6) is -1.07. The van der Waals surface area contributed by atoms with Crippen molar-refractivity contribution in [3.8, 4) is 0 Å². The van der Waals surface area contributed by atoms with Crippen molar-refractivity contribution in [3.05, 3.63) is 0 Å². The molecule has 1 aliphatic carbocycles. The zero-order chi connectivity index (χ0) is 13.0. The van der Waals surface area contributed by atoms with Crippen LogP contribution in [0.3, 0.4) is 0 Å². The number of hydrogen-bond acceptors (Lipinski definition) is 4. The van der Waals surface area contributed by atoms with Crippen molar-refractivity contribution in [1.29, 1.82) is 0 Å². The maximum absolute atomic E-state index is 11.8. The number of carboxylic acids is 1. The Bertz CT molecular complexity index is 315. The summed E-state index contributed by atoms with van der Waals surface area (Å²) in [4.78, 5) is 22.6. The molecule has 6 heteroatoms. The van der Waals surface area contributed by atoms with Crippen molar-refractivity contribution in [2.45, 2.75) is 37.8 Å². The molecule has 0 spiro atoms. The molecule has 2 rings (SSSR count). The second-order valence-corrected chi connectivity index (χ2v) is 5.04. The highest BCUT2D eigenvalue weighted by molar-refractivity contribution is 5.77. The number of ether oxygens (including phenoxy) is 1. The van der Waals surface area contributed by atoms with Gasteiger partial charge in [-0.1, -0.05) is 0 Å². The van der Waals surface area contributed by atoms with Crippen LogP contribution in [0.1, 0.15) is 25.7 Å². The maximum atomic E-state index is 11.8. The van der Waals surface area contributed by atoms with Crippen molar-refractivity contribution in [2.24, 2.45) is 5.92 Å². The van der Waals surface area contributed by atoms with E-state index in [1.807, 2.05) is 0 Å². The molecule has 1 aliphatic heterocycles. The number of amides is 1. The van der Waals surface area contributed by atoms with E-state index in [1.165, 1.54) is 0 Å². The van der Waals surface area contributed by atoms with Gasteiger partial charge in [0.2, 0.25) is 5.91 Å². The molecule has 0 radical (unpaired) electrons. The zero-order valence-corrected chi connectivity index (χ0v) is 10.4. The first-order chi connectivity index (χ1) is 8.65. The third-order valence-corrected chi connectivity index (χ3v) is 3.58. The molecular weight excluding hydrogens is 236 g/mol. The van der Waals surface area contributed by atoms with Crippen molar-refractivity contribution in [3.63, 3.8) is 0 Å². The number of carboxylic acid groups (broad SMARTS) is 1. The lowest BCUT2D eigenvalue weighted by molar-refractivity contribution is -0.141. The summed E-state index contributed by atoms with van der Waals surface area (Å²) in [5.41, 5.74) is 0. The number of hydrogen-bond donors (Lipinski definition) is 3. The normalized spacial score (nSPS) is 32.1. The van der Waals surface area contributed by atoms with Gasteiger partial charge in [-0.2, -0.15) is 0 Å². The Balaban J connectivity index is 1.69. The Morgan fingerprint density at radius 3 is 2.83 bits per heavy atom. The minimum absolute atomic E-state index is 0.0168. The summed E-state index contributed by atoms with van der Waals surface area (Å²) in [5, 5.41) is 15.0. The Hall–Kier alpha value is -1.14. The van der Waals surface area contributed by atoms with Crippen molar-refractivity contribution < 1.29 is 19.4 Å². The fourth-order valence-corrected chi connectivity index (χ4v) is 2.60. The average molecular weight is 256 g/mol. The number of carbonyl (C=O) groups excluding carboxylic acids is 1. The van der Waals surface area contributed by atoms with E-state index in [2.05, 4.69) is 10.6 Å². The van der Waals surface area contributed by atoms with Crippen LogP contribution in [0.25, 0.3) is 0 Å². The van der Waals surface area contributed by atoms with E-state index >= 15 is 0 Å². The van der Waals surface area contributed by atoms with Gasteiger partial charge in [0.05, 0.1) is 19.1 Å². The van der Waals surface area contributed by atoms with E-state index in [-0.39, 0.29) is 23.9 Å². The van der Waals surface area contributed by atoms with E-state index in [9.17, 15) is 9.59 Å². The average Bonchev–Trinajstić information content (AvgIpc) is 2.78. The number of morpholine rings is 1. The first-order valence-corrected chi connectivity index (χ1v) is 6.48. The van der Waals surface area contributed by atoms with Gasteiger partial charge in [-0.3, -0.25) is 9.59 Å². The SMILES string of the molecule is O=C(CC1COCCN1)N[C@H]1CC[C@@H](C(=O)O)C1. The first kappa shape index (κ1) is 13.3. The fourth-order valence-electron chi connectivity index (χ4n) is 2.60. The third kappa shape index (κ3) is 3.68. The topological polar surface area (TPSA) is 87.7 Å². The Morgan fingerprint density at radius 1 is 1.39 bits per heavy atom. The molecule has 2 aliphatic rings. The standard InChI is InChI=1S/C12H20N2O4/c15-11(6-10-7-18-4-3-13-10)14-9-2-1-8(5-9)12(16)17/h8-10,13H,1-7H2,(H,14,15)(H,16,17)/t8-,9+,10?/m1/s1. The van der Waals surface area contributed by atoms with Crippen LogP contribution in [0.2, 0.25) is 0 Å². The quantitative estimate of drug-likeness (QED) is 0.644. The monoisotopic (exact) mass is 256 g/mol. The Kier molecular flexibility index (Phi) is 4.54. The summed E-state index contributed by atoms with van der Waals surface area (Å²) in [6, 6.07) is 0.0959. The summed E-state index contributed by atoms with van der Waals surface area (Å²) in [6.07, 6.45) is 2.37. The summed E-state index contributed by atoms with van der Waals surface area (Å²) in [7, 11) is 0. The van der Waals surface area contributed by atoms with Crippen LogP contribution >= 0.6 is 0 Å². The lowest BCUT2D eigenvalue weighted by Gasteiger charge is -2.24. The summed E-state index contributed by atoms with van der Waals surface area (Å²) < 4.78 is 5.28. The van der Waals surface area contributed by atoms with Crippen LogP contribution in [0, 0.1) is 5.92 Å². The molecule has 1 saturated heterocycles. The zero-order valence-electron chi connectivity index (χ0n) is 10.4. The molecule has 1 unspecified atom stereocenters. The maximum Gasteiger partial charge on any atom is 0.306 e. The van der Waals surface area contributed by atoms with Crippen molar-refractivity contribution >= 4 is 11.9 Å². The van der Waals surface area contributed by atoms with Gasteiger partial charge in [0, 0.05) is 25.0 Å².